The number of hydrogen-bond donors (Lipinski definition) is 1. The molecule has 0 spiro atoms. The minimum absolute atomic E-state index is 0.340. The molecule has 1 unspecified atom stereocenters. The number of nitrogens with zero attached hydrogens (tertiary/aromatic N) is 1. The number of rotatable bonds is 5. The van der Waals surface area contributed by atoms with E-state index in [0.717, 1.165) is 26.2 Å². The highest BCUT2D eigenvalue weighted by Crippen LogP contribution is 2.14. The van der Waals surface area contributed by atoms with Crippen molar-refractivity contribution in [3.05, 3.63) is 0 Å². The lowest BCUT2D eigenvalue weighted by atomic mass is 10.0. The highest BCUT2D eigenvalue weighted by Gasteiger charge is 2.19. The van der Waals surface area contributed by atoms with Gasteiger partial charge in [-0.3, -0.25) is 0 Å². The second-order valence-electron chi connectivity index (χ2n) is 5.02. The summed E-state index contributed by atoms with van der Waals surface area (Å²) in [5.41, 5.74) is 6.04. The van der Waals surface area contributed by atoms with Crippen molar-refractivity contribution in [3.63, 3.8) is 0 Å². The van der Waals surface area contributed by atoms with Crippen LogP contribution in [0.1, 0.15) is 33.1 Å². The Balaban J connectivity index is 2.19. The zero-order valence-corrected chi connectivity index (χ0v) is 10.4. The third-order valence-electron chi connectivity index (χ3n) is 3.49. The topological polar surface area (TPSA) is 38.5 Å². The van der Waals surface area contributed by atoms with Crippen LogP contribution in [0.15, 0.2) is 0 Å². The molecule has 1 aliphatic rings. The minimum atomic E-state index is 0.340. The van der Waals surface area contributed by atoms with Crippen molar-refractivity contribution in [2.24, 2.45) is 11.7 Å². The van der Waals surface area contributed by atoms with Crippen molar-refractivity contribution >= 4 is 0 Å². The van der Waals surface area contributed by atoms with Crippen LogP contribution in [0.4, 0.5) is 0 Å². The summed E-state index contributed by atoms with van der Waals surface area (Å²) in [4.78, 5) is 2.45. The second kappa shape index (κ2) is 6.46. The number of hydrogen-bond acceptors (Lipinski definition) is 3. The maximum absolute atomic E-state index is 6.04. The van der Waals surface area contributed by atoms with E-state index in [1.807, 2.05) is 0 Å². The van der Waals surface area contributed by atoms with Gasteiger partial charge in [0.05, 0.1) is 0 Å². The van der Waals surface area contributed by atoms with Gasteiger partial charge in [0.25, 0.3) is 0 Å². The molecule has 0 aromatic carbocycles. The smallest absolute Gasteiger partial charge is 0.0480 e. The average Bonchev–Trinajstić information content (AvgIpc) is 2.26. The van der Waals surface area contributed by atoms with Crippen molar-refractivity contribution in [2.75, 3.05) is 26.8 Å². The Kier molecular flexibility index (Phi) is 5.58. The van der Waals surface area contributed by atoms with E-state index in [9.17, 15) is 0 Å². The summed E-state index contributed by atoms with van der Waals surface area (Å²) in [5, 5.41) is 0. The Hall–Kier alpha value is -0.120. The van der Waals surface area contributed by atoms with Crippen LogP contribution in [0, 0.1) is 5.92 Å². The van der Waals surface area contributed by atoms with Crippen LogP contribution in [0.25, 0.3) is 0 Å². The summed E-state index contributed by atoms with van der Waals surface area (Å²) < 4.78 is 5.36. The molecule has 0 aliphatic carbocycles. The van der Waals surface area contributed by atoms with Crippen molar-refractivity contribution in [3.8, 4) is 0 Å². The largest absolute Gasteiger partial charge is 0.381 e. The molecule has 90 valence electrons. The van der Waals surface area contributed by atoms with E-state index in [2.05, 4.69) is 25.8 Å². The van der Waals surface area contributed by atoms with Gasteiger partial charge in [0.15, 0.2) is 0 Å². The Morgan fingerprint density at radius 1 is 1.33 bits per heavy atom. The van der Waals surface area contributed by atoms with Crippen LogP contribution in [0.2, 0.25) is 0 Å². The third-order valence-corrected chi connectivity index (χ3v) is 3.49. The molecular weight excluding hydrogens is 188 g/mol. The van der Waals surface area contributed by atoms with Gasteiger partial charge in [-0.1, -0.05) is 13.8 Å². The summed E-state index contributed by atoms with van der Waals surface area (Å²) in [6, 6.07) is 1.05. The van der Waals surface area contributed by atoms with Gasteiger partial charge < -0.3 is 15.4 Å². The van der Waals surface area contributed by atoms with Crippen molar-refractivity contribution in [2.45, 2.75) is 45.2 Å². The highest BCUT2D eigenvalue weighted by atomic mass is 16.5. The van der Waals surface area contributed by atoms with E-state index < -0.39 is 0 Å². The van der Waals surface area contributed by atoms with Crippen molar-refractivity contribution < 1.29 is 4.74 Å². The first-order valence-electron chi connectivity index (χ1n) is 6.15. The summed E-state index contributed by atoms with van der Waals surface area (Å²) >= 11 is 0. The van der Waals surface area contributed by atoms with Crippen molar-refractivity contribution in [1.29, 1.82) is 0 Å². The summed E-state index contributed by atoms with van der Waals surface area (Å²) in [6.45, 7) is 7.35. The van der Waals surface area contributed by atoms with Crippen LogP contribution in [-0.4, -0.2) is 43.8 Å². The predicted molar refractivity (Wildman–Crippen MR) is 63.9 cm³/mol. The molecule has 3 nitrogen and oxygen atoms in total. The zero-order chi connectivity index (χ0) is 11.3. The fourth-order valence-corrected chi connectivity index (χ4v) is 1.99. The van der Waals surface area contributed by atoms with E-state index in [4.69, 9.17) is 10.5 Å². The van der Waals surface area contributed by atoms with Crippen LogP contribution in [0.3, 0.4) is 0 Å². The lowest BCUT2D eigenvalue weighted by Gasteiger charge is -2.32. The minimum Gasteiger partial charge on any atom is -0.381 e. The summed E-state index contributed by atoms with van der Waals surface area (Å²) in [7, 11) is 2.21. The molecule has 1 heterocycles. The molecule has 2 N–H and O–H groups in total. The first kappa shape index (κ1) is 12.9. The Bertz CT molecular complexity index is 167. The Morgan fingerprint density at radius 3 is 2.47 bits per heavy atom. The molecule has 0 aromatic heterocycles. The van der Waals surface area contributed by atoms with E-state index in [1.54, 1.807) is 0 Å². The van der Waals surface area contributed by atoms with E-state index >= 15 is 0 Å². The predicted octanol–water partition coefficient (Wildman–Crippen LogP) is 1.47. The van der Waals surface area contributed by atoms with Gasteiger partial charge >= 0.3 is 0 Å². The van der Waals surface area contributed by atoms with E-state index in [-0.39, 0.29) is 0 Å². The average molecular weight is 214 g/mol. The molecule has 1 aliphatic heterocycles. The summed E-state index contributed by atoms with van der Waals surface area (Å²) in [5.74, 6) is 0.591. The molecule has 0 aromatic rings. The third kappa shape index (κ3) is 4.49. The van der Waals surface area contributed by atoms with E-state index in [0.29, 0.717) is 18.0 Å². The molecular formula is C12H26N2O. The SMILES string of the molecule is CC(C)C(N)CCN(C)C1CCOCC1. The Labute approximate surface area is 94.0 Å². The van der Waals surface area contributed by atoms with E-state index in [1.165, 1.54) is 12.8 Å². The maximum atomic E-state index is 6.04. The molecule has 0 amide bonds. The standard InChI is InChI=1S/C12H26N2O/c1-10(2)12(13)4-7-14(3)11-5-8-15-9-6-11/h10-12H,4-9,13H2,1-3H3. The lowest BCUT2D eigenvalue weighted by Crippen LogP contribution is -2.39. The lowest BCUT2D eigenvalue weighted by molar-refractivity contribution is 0.0419. The molecule has 0 bridgehead atoms. The quantitative estimate of drug-likeness (QED) is 0.753. The van der Waals surface area contributed by atoms with Gasteiger partial charge in [-0.15, -0.1) is 0 Å². The molecule has 0 saturated carbocycles. The van der Waals surface area contributed by atoms with Crippen LogP contribution in [0.5, 0.6) is 0 Å². The van der Waals surface area contributed by atoms with Gasteiger partial charge in [0, 0.05) is 25.3 Å². The normalized spacial score (nSPS) is 21.2. The van der Waals surface area contributed by atoms with Gasteiger partial charge in [-0.2, -0.15) is 0 Å². The molecule has 1 saturated heterocycles. The fourth-order valence-electron chi connectivity index (χ4n) is 1.99. The fraction of sp³-hybridized carbons (Fsp3) is 1.00. The van der Waals surface area contributed by atoms with Gasteiger partial charge in [-0.25, -0.2) is 0 Å². The maximum Gasteiger partial charge on any atom is 0.0480 e. The highest BCUT2D eigenvalue weighted by molar-refractivity contribution is 4.74. The molecule has 1 rings (SSSR count). The number of nitrogens with two attached hydrogens (primary N) is 1. The zero-order valence-electron chi connectivity index (χ0n) is 10.4. The number of ether oxygens (including phenoxy) is 1. The summed E-state index contributed by atoms with van der Waals surface area (Å²) in [6.07, 6.45) is 3.45. The van der Waals surface area contributed by atoms with Crippen LogP contribution >= 0.6 is 0 Å². The van der Waals surface area contributed by atoms with Gasteiger partial charge in [-0.05, 0) is 38.8 Å². The molecule has 1 fully saturated rings. The molecule has 0 radical (unpaired) electrons. The van der Waals surface area contributed by atoms with Crippen LogP contribution in [-0.2, 0) is 4.74 Å². The van der Waals surface area contributed by atoms with Gasteiger partial charge in [0.1, 0.15) is 0 Å². The Morgan fingerprint density at radius 2 is 1.93 bits per heavy atom. The first-order chi connectivity index (χ1) is 7.11. The molecule has 15 heavy (non-hydrogen) atoms. The van der Waals surface area contributed by atoms with Gasteiger partial charge in [0.2, 0.25) is 0 Å². The monoisotopic (exact) mass is 214 g/mol. The van der Waals surface area contributed by atoms with Crippen molar-refractivity contribution in [1.82, 2.24) is 4.90 Å². The first-order valence-corrected chi connectivity index (χ1v) is 6.15. The second-order valence-corrected chi connectivity index (χ2v) is 5.02. The van der Waals surface area contributed by atoms with Crippen LogP contribution < -0.4 is 5.73 Å². The molecule has 3 heteroatoms. The molecule has 1 atom stereocenters.